The Balaban J connectivity index is 1.47. The van der Waals surface area contributed by atoms with Crippen molar-refractivity contribution in [2.75, 3.05) is 50.6 Å². The van der Waals surface area contributed by atoms with Crippen LogP contribution in [0.4, 0.5) is 11.4 Å². The largest absolute Gasteiger partial charge is 0.495 e. The molecule has 0 aromatic heterocycles. The van der Waals surface area contributed by atoms with E-state index in [4.69, 9.17) is 25.8 Å². The average molecular weight is 496 g/mol. The molecule has 0 aliphatic carbocycles. The SMILES string of the molecule is COc1ccc(S(=O)(=O)N2CCCCC2)cc1NC(=O)CNc1cc2c(cc1Cl)OCCO2. The number of amides is 1. The van der Waals surface area contributed by atoms with E-state index < -0.39 is 15.9 Å². The quantitative estimate of drug-likeness (QED) is 0.606. The minimum atomic E-state index is -3.65. The zero-order valence-electron chi connectivity index (χ0n) is 18.2. The number of benzene rings is 2. The summed E-state index contributed by atoms with van der Waals surface area (Å²) in [6.45, 7) is 1.77. The van der Waals surface area contributed by atoms with Gasteiger partial charge in [0.05, 0.1) is 34.9 Å². The number of methoxy groups -OCH3 is 1. The van der Waals surface area contributed by atoms with Crippen molar-refractivity contribution in [2.45, 2.75) is 24.2 Å². The first kappa shape index (κ1) is 23.5. The molecule has 2 aliphatic heterocycles. The number of nitrogens with zero attached hydrogens (tertiary/aromatic N) is 1. The van der Waals surface area contributed by atoms with Gasteiger partial charge in [0.25, 0.3) is 0 Å². The fraction of sp³-hybridized carbons (Fsp3) is 0.409. The Labute approximate surface area is 198 Å². The molecule has 2 aromatic carbocycles. The van der Waals surface area contributed by atoms with E-state index in [9.17, 15) is 13.2 Å². The van der Waals surface area contributed by atoms with E-state index in [0.717, 1.165) is 19.3 Å². The molecule has 1 saturated heterocycles. The van der Waals surface area contributed by atoms with Crippen LogP contribution in [-0.2, 0) is 14.8 Å². The fourth-order valence-corrected chi connectivity index (χ4v) is 5.53. The molecule has 4 rings (SSSR count). The number of hydrogen-bond donors (Lipinski definition) is 2. The molecule has 2 aliphatic rings. The van der Waals surface area contributed by atoms with Gasteiger partial charge in [-0.3, -0.25) is 4.79 Å². The lowest BCUT2D eigenvalue weighted by atomic mass is 10.2. The number of ether oxygens (including phenoxy) is 3. The van der Waals surface area contributed by atoms with Gasteiger partial charge in [0.15, 0.2) is 11.5 Å². The fourth-order valence-electron chi connectivity index (χ4n) is 3.77. The highest BCUT2D eigenvalue weighted by Gasteiger charge is 2.27. The maximum Gasteiger partial charge on any atom is 0.243 e. The highest BCUT2D eigenvalue weighted by Crippen LogP contribution is 2.38. The van der Waals surface area contributed by atoms with Crippen LogP contribution in [0.2, 0.25) is 5.02 Å². The van der Waals surface area contributed by atoms with Gasteiger partial charge in [-0.05, 0) is 31.0 Å². The molecule has 2 N–H and O–H groups in total. The number of halogens is 1. The Morgan fingerprint density at radius 1 is 1.06 bits per heavy atom. The van der Waals surface area contributed by atoms with Gasteiger partial charge < -0.3 is 24.8 Å². The molecule has 33 heavy (non-hydrogen) atoms. The number of piperidine rings is 1. The predicted octanol–water partition coefficient (Wildman–Crippen LogP) is 3.35. The topological polar surface area (TPSA) is 106 Å². The molecule has 178 valence electrons. The van der Waals surface area contributed by atoms with Crippen molar-refractivity contribution < 1.29 is 27.4 Å². The van der Waals surface area contributed by atoms with Gasteiger partial charge in [0, 0.05) is 25.2 Å². The van der Waals surface area contributed by atoms with E-state index in [2.05, 4.69) is 10.6 Å². The van der Waals surface area contributed by atoms with Crippen molar-refractivity contribution in [3.05, 3.63) is 35.4 Å². The zero-order valence-corrected chi connectivity index (χ0v) is 19.8. The molecule has 1 fully saturated rings. The summed E-state index contributed by atoms with van der Waals surface area (Å²) < 4.78 is 43.9. The van der Waals surface area contributed by atoms with Crippen LogP contribution < -0.4 is 24.8 Å². The third-order valence-corrected chi connectivity index (χ3v) is 7.68. The average Bonchev–Trinajstić information content (AvgIpc) is 2.83. The third-order valence-electron chi connectivity index (χ3n) is 5.47. The number of nitrogens with one attached hydrogen (secondary N) is 2. The smallest absolute Gasteiger partial charge is 0.243 e. The second kappa shape index (κ2) is 10.1. The number of anilines is 2. The summed E-state index contributed by atoms with van der Waals surface area (Å²) in [4.78, 5) is 12.7. The third kappa shape index (κ3) is 5.29. The molecule has 1 amide bonds. The summed E-state index contributed by atoms with van der Waals surface area (Å²) >= 11 is 6.28. The first-order valence-electron chi connectivity index (χ1n) is 10.7. The Hall–Kier alpha value is -2.69. The lowest BCUT2D eigenvalue weighted by Gasteiger charge is -2.26. The second-order valence-corrected chi connectivity index (χ2v) is 10.0. The molecule has 2 aromatic rings. The van der Waals surface area contributed by atoms with Crippen molar-refractivity contribution >= 4 is 38.9 Å². The van der Waals surface area contributed by atoms with Gasteiger partial charge in [-0.2, -0.15) is 4.31 Å². The summed E-state index contributed by atoms with van der Waals surface area (Å²) in [6.07, 6.45) is 2.70. The van der Waals surface area contributed by atoms with E-state index in [1.165, 1.54) is 29.6 Å². The Morgan fingerprint density at radius 3 is 2.45 bits per heavy atom. The lowest BCUT2D eigenvalue weighted by molar-refractivity contribution is -0.114. The second-order valence-electron chi connectivity index (χ2n) is 7.70. The van der Waals surface area contributed by atoms with Crippen LogP contribution in [0.3, 0.4) is 0 Å². The summed E-state index contributed by atoms with van der Waals surface area (Å²) in [5, 5.41) is 6.08. The van der Waals surface area contributed by atoms with Gasteiger partial charge in [-0.1, -0.05) is 18.0 Å². The Morgan fingerprint density at radius 2 is 1.76 bits per heavy atom. The molecule has 0 atom stereocenters. The van der Waals surface area contributed by atoms with Crippen LogP contribution >= 0.6 is 11.6 Å². The van der Waals surface area contributed by atoms with Crippen molar-refractivity contribution in [2.24, 2.45) is 0 Å². The monoisotopic (exact) mass is 495 g/mol. The highest BCUT2D eigenvalue weighted by atomic mass is 35.5. The maximum absolute atomic E-state index is 13.0. The van der Waals surface area contributed by atoms with E-state index in [1.54, 1.807) is 12.1 Å². The first-order valence-corrected chi connectivity index (χ1v) is 12.5. The Kier molecular flexibility index (Phi) is 7.16. The minimum Gasteiger partial charge on any atom is -0.495 e. The highest BCUT2D eigenvalue weighted by molar-refractivity contribution is 7.89. The number of carbonyl (C=O) groups is 1. The molecule has 0 spiro atoms. The van der Waals surface area contributed by atoms with Crippen LogP contribution in [0.1, 0.15) is 19.3 Å². The normalized spacial score (nSPS) is 16.2. The maximum atomic E-state index is 13.0. The van der Waals surface area contributed by atoms with Crippen LogP contribution in [0.5, 0.6) is 17.2 Å². The molecule has 0 bridgehead atoms. The van der Waals surface area contributed by atoms with E-state index >= 15 is 0 Å². The summed E-state index contributed by atoms with van der Waals surface area (Å²) in [5.41, 5.74) is 0.792. The molecular weight excluding hydrogens is 470 g/mol. The number of rotatable bonds is 7. The van der Waals surface area contributed by atoms with Crippen LogP contribution in [0.15, 0.2) is 35.2 Å². The van der Waals surface area contributed by atoms with E-state index in [-0.39, 0.29) is 17.1 Å². The number of carbonyl (C=O) groups excluding carboxylic acids is 1. The Bertz CT molecular complexity index is 1140. The standard InChI is InChI=1S/C22H26ClN3O6S/c1-30-19-6-5-15(33(28,29)26-7-3-2-4-8-26)11-18(19)25-22(27)14-24-17-13-21-20(12-16(17)23)31-9-10-32-21/h5-6,11-13,24H,2-4,7-10,14H2,1H3,(H,25,27). The minimum absolute atomic E-state index is 0.106. The van der Waals surface area contributed by atoms with Crippen LogP contribution in [0.25, 0.3) is 0 Å². The molecule has 9 nitrogen and oxygen atoms in total. The number of hydrogen-bond acceptors (Lipinski definition) is 7. The zero-order chi connectivity index (χ0) is 23.4. The lowest BCUT2D eigenvalue weighted by Crippen LogP contribution is -2.35. The molecule has 11 heteroatoms. The summed E-state index contributed by atoms with van der Waals surface area (Å²) in [7, 11) is -2.19. The molecule has 2 heterocycles. The van der Waals surface area contributed by atoms with Crippen molar-refractivity contribution in [3.8, 4) is 17.2 Å². The van der Waals surface area contributed by atoms with Gasteiger partial charge in [0.2, 0.25) is 15.9 Å². The molecule has 0 saturated carbocycles. The summed E-state index contributed by atoms with van der Waals surface area (Å²) in [6, 6.07) is 7.77. The molecular formula is C22H26ClN3O6S. The van der Waals surface area contributed by atoms with E-state index in [0.29, 0.717) is 54.3 Å². The van der Waals surface area contributed by atoms with Crippen molar-refractivity contribution in [1.29, 1.82) is 0 Å². The van der Waals surface area contributed by atoms with Gasteiger partial charge >= 0.3 is 0 Å². The van der Waals surface area contributed by atoms with Crippen molar-refractivity contribution in [3.63, 3.8) is 0 Å². The van der Waals surface area contributed by atoms with Crippen LogP contribution in [0, 0.1) is 0 Å². The molecule has 0 unspecified atom stereocenters. The van der Waals surface area contributed by atoms with E-state index in [1.807, 2.05) is 0 Å². The number of sulfonamides is 1. The van der Waals surface area contributed by atoms with Gasteiger partial charge in [-0.25, -0.2) is 8.42 Å². The van der Waals surface area contributed by atoms with Gasteiger partial charge in [0.1, 0.15) is 19.0 Å². The first-order chi connectivity index (χ1) is 15.9. The molecule has 0 radical (unpaired) electrons. The number of fused-ring (bicyclic) bond motifs is 1. The van der Waals surface area contributed by atoms with Gasteiger partial charge in [-0.15, -0.1) is 0 Å². The predicted molar refractivity (Wildman–Crippen MR) is 125 cm³/mol. The van der Waals surface area contributed by atoms with Crippen LogP contribution in [-0.4, -0.2) is 58.6 Å². The summed E-state index contributed by atoms with van der Waals surface area (Å²) in [5.74, 6) is 1.06. The van der Waals surface area contributed by atoms with Crippen molar-refractivity contribution in [1.82, 2.24) is 4.31 Å².